The molecule has 1 aliphatic carbocycles. The standard InChI is InChI=1S/C20H40N4O2/c1-5-20(6-2)17(16-18(20)26-7-3)23-19(21-4)22-10-8-9-11-24-12-14-25-15-13-24/h17-18H,5-16H2,1-4H3,(H2,21,22,23). The van der Waals surface area contributed by atoms with Crippen LogP contribution in [0.25, 0.3) is 0 Å². The summed E-state index contributed by atoms with van der Waals surface area (Å²) in [6, 6.07) is 0.452. The third kappa shape index (κ3) is 5.33. The summed E-state index contributed by atoms with van der Waals surface area (Å²) in [5.74, 6) is 0.933. The summed E-state index contributed by atoms with van der Waals surface area (Å²) in [5.41, 5.74) is 0.240. The van der Waals surface area contributed by atoms with Gasteiger partial charge in [-0.05, 0) is 45.6 Å². The van der Waals surface area contributed by atoms with Crippen molar-refractivity contribution in [1.29, 1.82) is 0 Å². The Kier molecular flexibility index (Phi) is 9.16. The Morgan fingerprint density at radius 3 is 2.54 bits per heavy atom. The maximum absolute atomic E-state index is 5.98. The Morgan fingerprint density at radius 1 is 1.19 bits per heavy atom. The summed E-state index contributed by atoms with van der Waals surface area (Å²) < 4.78 is 11.4. The summed E-state index contributed by atoms with van der Waals surface area (Å²) in [6.07, 6.45) is 6.12. The van der Waals surface area contributed by atoms with Gasteiger partial charge in [0.2, 0.25) is 0 Å². The van der Waals surface area contributed by atoms with E-state index in [4.69, 9.17) is 9.47 Å². The van der Waals surface area contributed by atoms with E-state index in [0.717, 1.165) is 71.1 Å². The van der Waals surface area contributed by atoms with Gasteiger partial charge >= 0.3 is 0 Å². The SMILES string of the molecule is CCOC1CC(NC(=NC)NCCCCN2CCOCC2)C1(CC)CC. The lowest BCUT2D eigenvalue weighted by atomic mass is 9.58. The lowest BCUT2D eigenvalue weighted by Crippen LogP contribution is -2.65. The highest BCUT2D eigenvalue weighted by atomic mass is 16.5. The molecule has 6 nitrogen and oxygen atoms in total. The number of unbranched alkanes of at least 4 members (excludes halogenated alkanes) is 1. The predicted molar refractivity (Wildman–Crippen MR) is 108 cm³/mol. The summed E-state index contributed by atoms with van der Waals surface area (Å²) in [7, 11) is 1.86. The fourth-order valence-corrected chi connectivity index (χ4v) is 4.44. The monoisotopic (exact) mass is 368 g/mol. The predicted octanol–water partition coefficient (Wildman–Crippen LogP) is 2.25. The molecule has 1 saturated carbocycles. The molecule has 0 amide bonds. The molecule has 0 aromatic carbocycles. The van der Waals surface area contributed by atoms with Crippen LogP contribution in [-0.2, 0) is 9.47 Å². The van der Waals surface area contributed by atoms with Crippen molar-refractivity contribution in [1.82, 2.24) is 15.5 Å². The van der Waals surface area contributed by atoms with Crippen molar-refractivity contribution in [3.05, 3.63) is 0 Å². The van der Waals surface area contributed by atoms with Crippen molar-refractivity contribution in [2.75, 3.05) is 53.0 Å². The lowest BCUT2D eigenvalue weighted by Gasteiger charge is -2.55. The average molecular weight is 369 g/mol. The normalized spacial score (nSPS) is 26.4. The van der Waals surface area contributed by atoms with E-state index in [1.54, 1.807) is 0 Å². The van der Waals surface area contributed by atoms with Crippen LogP contribution in [0.1, 0.15) is 52.9 Å². The quantitative estimate of drug-likeness (QED) is 0.352. The van der Waals surface area contributed by atoms with Crippen LogP contribution in [0.3, 0.4) is 0 Å². The number of morpholine rings is 1. The molecule has 0 aromatic rings. The van der Waals surface area contributed by atoms with Crippen LogP contribution in [0.4, 0.5) is 0 Å². The highest BCUT2D eigenvalue weighted by Gasteiger charge is 2.53. The number of hydrogen-bond acceptors (Lipinski definition) is 4. The maximum Gasteiger partial charge on any atom is 0.191 e. The Morgan fingerprint density at radius 2 is 1.92 bits per heavy atom. The van der Waals surface area contributed by atoms with E-state index in [-0.39, 0.29) is 5.41 Å². The fourth-order valence-electron chi connectivity index (χ4n) is 4.44. The molecule has 0 bridgehead atoms. The molecule has 2 rings (SSSR count). The zero-order chi connectivity index (χ0) is 18.8. The number of hydrogen-bond donors (Lipinski definition) is 2. The molecule has 2 atom stereocenters. The van der Waals surface area contributed by atoms with Gasteiger partial charge in [0.25, 0.3) is 0 Å². The van der Waals surface area contributed by atoms with Crippen LogP contribution in [0.5, 0.6) is 0 Å². The minimum absolute atomic E-state index is 0.240. The first-order valence-electron chi connectivity index (χ1n) is 10.6. The lowest BCUT2D eigenvalue weighted by molar-refractivity contribution is -0.133. The molecule has 2 fully saturated rings. The van der Waals surface area contributed by atoms with E-state index in [1.807, 2.05) is 7.05 Å². The van der Waals surface area contributed by atoms with Crippen molar-refractivity contribution >= 4 is 5.96 Å². The number of ether oxygens (including phenoxy) is 2. The zero-order valence-electron chi connectivity index (χ0n) is 17.4. The second-order valence-electron chi connectivity index (χ2n) is 7.48. The number of nitrogens with one attached hydrogen (secondary N) is 2. The van der Waals surface area contributed by atoms with Gasteiger partial charge in [-0.1, -0.05) is 13.8 Å². The molecule has 1 saturated heterocycles. The molecule has 0 radical (unpaired) electrons. The summed E-state index contributed by atoms with van der Waals surface area (Å²) >= 11 is 0. The Labute approximate surface area is 160 Å². The van der Waals surface area contributed by atoms with Crippen LogP contribution in [0.15, 0.2) is 4.99 Å². The number of rotatable bonds is 10. The molecule has 0 aromatic heterocycles. The number of guanidine groups is 1. The van der Waals surface area contributed by atoms with Crippen LogP contribution in [0, 0.1) is 5.41 Å². The van der Waals surface area contributed by atoms with E-state index in [1.165, 1.54) is 13.0 Å². The largest absolute Gasteiger partial charge is 0.379 e. The third-order valence-corrected chi connectivity index (χ3v) is 6.30. The molecular weight excluding hydrogens is 328 g/mol. The first-order chi connectivity index (χ1) is 12.7. The van der Waals surface area contributed by atoms with Gasteiger partial charge in [-0.15, -0.1) is 0 Å². The summed E-state index contributed by atoms with van der Waals surface area (Å²) in [5, 5.41) is 7.15. The second-order valence-corrected chi connectivity index (χ2v) is 7.48. The highest BCUT2D eigenvalue weighted by Crippen LogP contribution is 2.48. The summed E-state index contributed by atoms with van der Waals surface area (Å²) in [6.45, 7) is 13.5. The number of aliphatic imine (C=N–C) groups is 1. The smallest absolute Gasteiger partial charge is 0.191 e. The molecule has 26 heavy (non-hydrogen) atoms. The van der Waals surface area contributed by atoms with Crippen LogP contribution >= 0.6 is 0 Å². The Balaban J connectivity index is 1.68. The fraction of sp³-hybridized carbons (Fsp3) is 0.950. The van der Waals surface area contributed by atoms with Crippen molar-refractivity contribution < 1.29 is 9.47 Å². The van der Waals surface area contributed by atoms with Gasteiger partial charge in [-0.25, -0.2) is 0 Å². The van der Waals surface area contributed by atoms with E-state index >= 15 is 0 Å². The molecule has 6 heteroatoms. The molecule has 2 unspecified atom stereocenters. The number of nitrogens with zero attached hydrogens (tertiary/aromatic N) is 2. The van der Waals surface area contributed by atoms with Gasteiger partial charge in [0.15, 0.2) is 5.96 Å². The van der Waals surface area contributed by atoms with E-state index in [9.17, 15) is 0 Å². The van der Waals surface area contributed by atoms with E-state index in [2.05, 4.69) is 41.3 Å². The topological polar surface area (TPSA) is 58.1 Å². The zero-order valence-corrected chi connectivity index (χ0v) is 17.4. The summed E-state index contributed by atoms with van der Waals surface area (Å²) in [4.78, 5) is 6.92. The van der Waals surface area contributed by atoms with Crippen molar-refractivity contribution in [3.63, 3.8) is 0 Å². The van der Waals surface area contributed by atoms with Crippen LogP contribution < -0.4 is 10.6 Å². The Hall–Kier alpha value is -0.850. The van der Waals surface area contributed by atoms with Gasteiger partial charge in [0, 0.05) is 44.7 Å². The highest BCUT2D eigenvalue weighted by molar-refractivity contribution is 5.80. The first kappa shape index (κ1) is 21.5. The van der Waals surface area contributed by atoms with Gasteiger partial charge in [-0.3, -0.25) is 9.89 Å². The van der Waals surface area contributed by atoms with Crippen LogP contribution in [-0.4, -0.2) is 76.1 Å². The van der Waals surface area contributed by atoms with Crippen molar-refractivity contribution in [2.24, 2.45) is 10.4 Å². The minimum atomic E-state index is 0.240. The van der Waals surface area contributed by atoms with E-state index in [0.29, 0.717) is 12.1 Å². The average Bonchev–Trinajstić information content (AvgIpc) is 2.67. The molecular formula is C20H40N4O2. The van der Waals surface area contributed by atoms with Crippen molar-refractivity contribution in [3.8, 4) is 0 Å². The first-order valence-corrected chi connectivity index (χ1v) is 10.6. The minimum Gasteiger partial charge on any atom is -0.379 e. The van der Waals surface area contributed by atoms with Crippen LogP contribution in [0.2, 0.25) is 0 Å². The van der Waals surface area contributed by atoms with Gasteiger partial charge in [0.1, 0.15) is 0 Å². The third-order valence-electron chi connectivity index (χ3n) is 6.30. The second kappa shape index (κ2) is 11.1. The van der Waals surface area contributed by atoms with E-state index < -0.39 is 0 Å². The van der Waals surface area contributed by atoms with Gasteiger partial charge < -0.3 is 20.1 Å². The molecule has 152 valence electrons. The molecule has 1 aliphatic heterocycles. The Bertz CT molecular complexity index is 420. The molecule has 1 heterocycles. The van der Waals surface area contributed by atoms with Gasteiger partial charge in [0.05, 0.1) is 19.3 Å². The molecule has 2 aliphatic rings. The van der Waals surface area contributed by atoms with Gasteiger partial charge in [-0.2, -0.15) is 0 Å². The molecule has 2 N–H and O–H groups in total. The molecule has 0 spiro atoms. The maximum atomic E-state index is 5.98. The van der Waals surface area contributed by atoms with Crippen molar-refractivity contribution in [2.45, 2.75) is 65.0 Å².